The highest BCUT2D eigenvalue weighted by atomic mass is 35.5. The van der Waals surface area contributed by atoms with Gasteiger partial charge in [0, 0.05) is 31.4 Å². The van der Waals surface area contributed by atoms with E-state index >= 15 is 0 Å². The summed E-state index contributed by atoms with van der Waals surface area (Å²) in [5.74, 6) is 0.227. The third-order valence-electron chi connectivity index (χ3n) is 3.73. The summed E-state index contributed by atoms with van der Waals surface area (Å²) in [6.07, 6.45) is 3.69. The molecule has 0 saturated carbocycles. The summed E-state index contributed by atoms with van der Waals surface area (Å²) in [6, 6.07) is 5.61. The molecule has 0 aliphatic carbocycles. The molecule has 24 heavy (non-hydrogen) atoms. The van der Waals surface area contributed by atoms with Gasteiger partial charge in [0.05, 0.1) is 9.95 Å². The number of aromatic nitrogens is 2. The van der Waals surface area contributed by atoms with Crippen LogP contribution in [0.3, 0.4) is 0 Å². The number of carbonyl (C=O) groups is 1. The minimum atomic E-state index is -0.528. The van der Waals surface area contributed by atoms with Crippen molar-refractivity contribution in [3.63, 3.8) is 0 Å². The number of nitrogens with zero attached hydrogens (tertiary/aromatic N) is 4. The van der Waals surface area contributed by atoms with E-state index in [2.05, 4.69) is 5.10 Å². The lowest BCUT2D eigenvalue weighted by atomic mass is 10.3. The van der Waals surface area contributed by atoms with E-state index < -0.39 is 4.92 Å². The second kappa shape index (κ2) is 6.88. The molecule has 0 N–H and O–H groups in total. The maximum absolute atomic E-state index is 12.2. The van der Waals surface area contributed by atoms with Crippen molar-refractivity contribution in [2.45, 2.75) is 19.6 Å². The van der Waals surface area contributed by atoms with Crippen molar-refractivity contribution in [2.24, 2.45) is 0 Å². The van der Waals surface area contributed by atoms with Crippen molar-refractivity contribution >= 4 is 23.2 Å². The Balaban J connectivity index is 1.63. The van der Waals surface area contributed by atoms with Crippen LogP contribution in [0.5, 0.6) is 5.75 Å². The van der Waals surface area contributed by atoms with Crippen LogP contribution in [0.4, 0.5) is 5.69 Å². The first-order valence-corrected chi connectivity index (χ1v) is 7.82. The summed E-state index contributed by atoms with van der Waals surface area (Å²) in [5.41, 5.74) is 0.264. The second-order valence-electron chi connectivity index (χ2n) is 5.39. The molecule has 126 valence electrons. The monoisotopic (exact) mass is 350 g/mol. The molecule has 0 radical (unpaired) electrons. The number of likely N-dealkylation sites (tertiary alicyclic amines) is 1. The highest BCUT2D eigenvalue weighted by Crippen LogP contribution is 2.28. The minimum Gasteiger partial charge on any atom is -0.470 e. The highest BCUT2D eigenvalue weighted by Gasteiger charge is 2.21. The number of nitro groups is 1. The Morgan fingerprint density at radius 3 is 2.75 bits per heavy atom. The van der Waals surface area contributed by atoms with E-state index in [0.717, 1.165) is 25.9 Å². The van der Waals surface area contributed by atoms with Crippen LogP contribution >= 0.6 is 11.6 Å². The molecule has 8 nitrogen and oxygen atoms in total. The summed E-state index contributed by atoms with van der Waals surface area (Å²) in [7, 11) is 0. The van der Waals surface area contributed by atoms with Crippen molar-refractivity contribution in [2.75, 3.05) is 13.1 Å². The van der Waals surface area contributed by atoms with E-state index in [-0.39, 0.29) is 23.3 Å². The second-order valence-corrected chi connectivity index (χ2v) is 5.79. The molecular formula is C15H15ClN4O4. The molecule has 0 bridgehead atoms. The third-order valence-corrected chi connectivity index (χ3v) is 4.03. The Morgan fingerprint density at radius 2 is 2.08 bits per heavy atom. The summed E-state index contributed by atoms with van der Waals surface area (Å²) >= 11 is 5.96. The summed E-state index contributed by atoms with van der Waals surface area (Å²) in [4.78, 5) is 24.1. The van der Waals surface area contributed by atoms with Gasteiger partial charge in [0.25, 0.3) is 11.6 Å². The van der Waals surface area contributed by atoms with Gasteiger partial charge in [-0.25, -0.2) is 4.68 Å². The van der Waals surface area contributed by atoms with Crippen LogP contribution in [0.25, 0.3) is 0 Å². The number of benzene rings is 1. The van der Waals surface area contributed by atoms with Gasteiger partial charge in [-0.2, -0.15) is 5.10 Å². The van der Waals surface area contributed by atoms with Crippen LogP contribution in [-0.4, -0.2) is 38.6 Å². The summed E-state index contributed by atoms with van der Waals surface area (Å²) in [5, 5.41) is 15.0. The van der Waals surface area contributed by atoms with Crippen LogP contribution < -0.4 is 4.74 Å². The van der Waals surface area contributed by atoms with Crippen molar-refractivity contribution in [3.8, 4) is 5.75 Å². The molecule has 1 amide bonds. The fraction of sp³-hybridized carbons (Fsp3) is 0.333. The number of carbonyl (C=O) groups excluding carboxylic acids is 1. The predicted octanol–water partition coefficient (Wildman–Crippen LogP) is 2.72. The third kappa shape index (κ3) is 3.48. The summed E-state index contributed by atoms with van der Waals surface area (Å²) in [6.45, 7) is 1.58. The Labute approximate surface area is 142 Å². The topological polar surface area (TPSA) is 90.5 Å². The number of hydrogen-bond acceptors (Lipinski definition) is 5. The highest BCUT2D eigenvalue weighted by molar-refractivity contribution is 6.32. The van der Waals surface area contributed by atoms with Crippen molar-refractivity contribution in [3.05, 3.63) is 51.3 Å². The van der Waals surface area contributed by atoms with Gasteiger partial charge >= 0.3 is 0 Å². The van der Waals surface area contributed by atoms with Gasteiger partial charge in [-0.15, -0.1) is 0 Å². The normalized spacial score (nSPS) is 14.0. The van der Waals surface area contributed by atoms with Gasteiger partial charge < -0.3 is 9.64 Å². The molecule has 1 aromatic carbocycles. The summed E-state index contributed by atoms with van der Waals surface area (Å²) < 4.78 is 6.97. The van der Waals surface area contributed by atoms with Crippen molar-refractivity contribution in [1.29, 1.82) is 0 Å². The van der Waals surface area contributed by atoms with Gasteiger partial charge in [0.1, 0.15) is 5.75 Å². The van der Waals surface area contributed by atoms with Crippen LogP contribution in [-0.2, 0) is 6.73 Å². The van der Waals surface area contributed by atoms with Gasteiger partial charge in [0.2, 0.25) is 0 Å². The minimum absolute atomic E-state index is 0.0464. The maximum atomic E-state index is 12.2. The fourth-order valence-electron chi connectivity index (χ4n) is 2.49. The number of ether oxygens (including phenoxy) is 1. The molecule has 0 atom stereocenters. The van der Waals surface area contributed by atoms with E-state index in [1.54, 1.807) is 17.2 Å². The molecule has 2 aromatic rings. The molecule has 1 aliphatic heterocycles. The molecular weight excluding hydrogens is 336 g/mol. The number of amides is 1. The van der Waals surface area contributed by atoms with E-state index in [4.69, 9.17) is 16.3 Å². The Kier molecular flexibility index (Phi) is 4.66. The fourth-order valence-corrected chi connectivity index (χ4v) is 2.72. The first-order valence-electron chi connectivity index (χ1n) is 7.44. The van der Waals surface area contributed by atoms with Crippen molar-refractivity contribution < 1.29 is 14.5 Å². The van der Waals surface area contributed by atoms with Gasteiger partial charge in [0.15, 0.2) is 12.4 Å². The SMILES string of the molecule is O=C(c1ccn(COc2ccc([N+](=O)[O-])cc2Cl)n1)N1CCCC1. The van der Waals surface area contributed by atoms with Crippen LogP contribution in [0.15, 0.2) is 30.5 Å². The zero-order chi connectivity index (χ0) is 17.1. The average molecular weight is 351 g/mol. The molecule has 2 heterocycles. The molecule has 1 aliphatic rings. The number of rotatable bonds is 5. The van der Waals surface area contributed by atoms with Crippen LogP contribution in [0.2, 0.25) is 5.02 Å². The number of non-ortho nitro benzene ring substituents is 1. The van der Waals surface area contributed by atoms with Gasteiger partial charge in [-0.3, -0.25) is 14.9 Å². The molecule has 1 fully saturated rings. The molecule has 3 rings (SSSR count). The lowest BCUT2D eigenvalue weighted by Gasteiger charge is -2.13. The van der Waals surface area contributed by atoms with Crippen LogP contribution in [0.1, 0.15) is 23.3 Å². The van der Waals surface area contributed by atoms with E-state index in [1.165, 1.54) is 22.9 Å². The van der Waals surface area contributed by atoms with Gasteiger partial charge in [-0.05, 0) is 25.0 Å². The molecule has 0 spiro atoms. The Morgan fingerprint density at radius 1 is 1.33 bits per heavy atom. The van der Waals surface area contributed by atoms with Crippen LogP contribution in [0, 0.1) is 10.1 Å². The largest absolute Gasteiger partial charge is 0.470 e. The lowest BCUT2D eigenvalue weighted by molar-refractivity contribution is -0.384. The molecule has 0 unspecified atom stereocenters. The smallest absolute Gasteiger partial charge is 0.274 e. The first-order chi connectivity index (χ1) is 11.5. The zero-order valence-electron chi connectivity index (χ0n) is 12.7. The molecule has 9 heteroatoms. The standard InChI is InChI=1S/C15H15ClN4O4/c16-12-9-11(20(22)23)3-4-14(12)24-10-19-8-5-13(17-19)15(21)18-6-1-2-7-18/h3-5,8-9H,1-2,6-7,10H2. The van der Waals surface area contributed by atoms with E-state index in [1.807, 2.05) is 0 Å². The number of nitro benzene ring substituents is 1. The lowest BCUT2D eigenvalue weighted by Crippen LogP contribution is -2.28. The molecule has 1 aromatic heterocycles. The Hall–Kier alpha value is -2.61. The van der Waals surface area contributed by atoms with Crippen molar-refractivity contribution in [1.82, 2.24) is 14.7 Å². The maximum Gasteiger partial charge on any atom is 0.274 e. The first kappa shape index (κ1) is 16.3. The van der Waals surface area contributed by atoms with Gasteiger partial charge in [-0.1, -0.05) is 11.6 Å². The molecule has 1 saturated heterocycles. The Bertz CT molecular complexity index is 771. The van der Waals surface area contributed by atoms with E-state index in [9.17, 15) is 14.9 Å². The quantitative estimate of drug-likeness (QED) is 0.610. The van der Waals surface area contributed by atoms with E-state index in [0.29, 0.717) is 11.4 Å². The zero-order valence-corrected chi connectivity index (χ0v) is 13.5. The predicted molar refractivity (Wildman–Crippen MR) is 86.1 cm³/mol. The number of halogens is 1. The number of hydrogen-bond donors (Lipinski definition) is 0. The average Bonchev–Trinajstić information content (AvgIpc) is 3.24.